The largest absolute Gasteiger partial charge is 0.496 e. The van der Waals surface area contributed by atoms with Crippen LogP contribution in [-0.4, -0.2) is 23.0 Å². The number of ether oxygens (including phenoxy) is 1. The van der Waals surface area contributed by atoms with Crippen molar-refractivity contribution >= 4 is 17.9 Å². The Morgan fingerprint density at radius 2 is 1.95 bits per heavy atom. The Balaban J connectivity index is 2.04. The van der Waals surface area contributed by atoms with E-state index in [4.69, 9.17) is 4.74 Å². The van der Waals surface area contributed by atoms with Gasteiger partial charge in [0.25, 0.3) is 5.91 Å². The van der Waals surface area contributed by atoms with E-state index >= 15 is 0 Å². The minimum absolute atomic E-state index is 0.275. The van der Waals surface area contributed by atoms with Crippen LogP contribution in [0.1, 0.15) is 5.56 Å². The molecule has 0 aliphatic rings. The van der Waals surface area contributed by atoms with Crippen molar-refractivity contribution in [2.45, 2.75) is 0 Å². The fraction of sp³-hybridized carbons (Fsp3) is 0.0714. The number of methoxy groups -OCH3 is 1. The van der Waals surface area contributed by atoms with Crippen LogP contribution in [0.25, 0.3) is 6.08 Å². The minimum Gasteiger partial charge on any atom is -0.496 e. The summed E-state index contributed by atoms with van der Waals surface area (Å²) in [5.74, 6) is 0.691. The molecule has 1 aromatic heterocycles. The van der Waals surface area contributed by atoms with E-state index in [2.05, 4.69) is 15.3 Å². The van der Waals surface area contributed by atoms with E-state index in [0.29, 0.717) is 5.75 Å². The van der Waals surface area contributed by atoms with Gasteiger partial charge >= 0.3 is 0 Å². The number of nitrogens with zero attached hydrogens (tertiary/aromatic N) is 2. The molecule has 0 unspecified atom stereocenters. The van der Waals surface area contributed by atoms with Crippen molar-refractivity contribution in [1.82, 2.24) is 9.97 Å². The molecule has 1 heterocycles. The summed E-state index contributed by atoms with van der Waals surface area (Å²) in [5, 5.41) is 2.56. The van der Waals surface area contributed by atoms with Crippen molar-refractivity contribution in [3.63, 3.8) is 0 Å². The van der Waals surface area contributed by atoms with Gasteiger partial charge in [-0.05, 0) is 18.2 Å². The highest BCUT2D eigenvalue weighted by Gasteiger charge is 2.01. The number of nitrogens with one attached hydrogen (secondary N) is 1. The second-order valence-corrected chi connectivity index (χ2v) is 3.64. The molecule has 0 bridgehead atoms. The fourth-order valence-electron chi connectivity index (χ4n) is 1.49. The molecule has 0 aliphatic carbocycles. The maximum absolute atomic E-state index is 11.7. The van der Waals surface area contributed by atoms with Gasteiger partial charge in [0.2, 0.25) is 5.95 Å². The Morgan fingerprint density at radius 1 is 1.21 bits per heavy atom. The summed E-state index contributed by atoms with van der Waals surface area (Å²) in [6, 6.07) is 9.12. The van der Waals surface area contributed by atoms with Crippen molar-refractivity contribution in [3.05, 3.63) is 54.4 Å². The summed E-state index contributed by atoms with van der Waals surface area (Å²) in [7, 11) is 1.59. The molecule has 1 N–H and O–H groups in total. The lowest BCUT2D eigenvalue weighted by Crippen LogP contribution is -2.10. The van der Waals surface area contributed by atoms with Gasteiger partial charge in [-0.25, -0.2) is 9.97 Å². The van der Waals surface area contributed by atoms with Gasteiger partial charge in [0.15, 0.2) is 0 Å². The van der Waals surface area contributed by atoms with Crippen LogP contribution in [0, 0.1) is 0 Å². The molecule has 0 radical (unpaired) electrons. The summed E-state index contributed by atoms with van der Waals surface area (Å²) in [5.41, 5.74) is 0.828. The van der Waals surface area contributed by atoms with Gasteiger partial charge in [-0.3, -0.25) is 10.1 Å². The molecule has 2 rings (SSSR count). The van der Waals surface area contributed by atoms with Crippen molar-refractivity contribution in [3.8, 4) is 5.75 Å². The van der Waals surface area contributed by atoms with Gasteiger partial charge in [0.05, 0.1) is 7.11 Å². The van der Waals surface area contributed by atoms with E-state index in [1.807, 2.05) is 24.3 Å². The molecule has 0 saturated heterocycles. The zero-order valence-electron chi connectivity index (χ0n) is 10.4. The highest BCUT2D eigenvalue weighted by atomic mass is 16.5. The molecule has 0 aliphatic heterocycles. The monoisotopic (exact) mass is 255 g/mol. The van der Waals surface area contributed by atoms with Crippen LogP contribution in [0.5, 0.6) is 5.75 Å². The fourth-order valence-corrected chi connectivity index (χ4v) is 1.49. The van der Waals surface area contributed by atoms with Crippen LogP contribution < -0.4 is 10.1 Å². The predicted molar refractivity (Wildman–Crippen MR) is 72.7 cm³/mol. The molecule has 1 aromatic carbocycles. The van der Waals surface area contributed by atoms with Crippen LogP contribution in [-0.2, 0) is 4.79 Å². The van der Waals surface area contributed by atoms with Crippen LogP contribution in [0.2, 0.25) is 0 Å². The number of hydrogen-bond donors (Lipinski definition) is 1. The molecular weight excluding hydrogens is 242 g/mol. The Hall–Kier alpha value is -2.69. The van der Waals surface area contributed by atoms with E-state index in [1.54, 1.807) is 31.6 Å². The van der Waals surface area contributed by atoms with Crippen LogP contribution >= 0.6 is 0 Å². The number of amides is 1. The lowest BCUT2D eigenvalue weighted by molar-refractivity contribution is -0.111. The predicted octanol–water partition coefficient (Wildman–Crippen LogP) is 2.14. The lowest BCUT2D eigenvalue weighted by Gasteiger charge is -2.03. The van der Waals surface area contributed by atoms with E-state index in [-0.39, 0.29) is 11.9 Å². The van der Waals surface area contributed by atoms with Crippen LogP contribution in [0.15, 0.2) is 48.8 Å². The highest BCUT2D eigenvalue weighted by Crippen LogP contribution is 2.18. The summed E-state index contributed by atoms with van der Waals surface area (Å²) in [6.45, 7) is 0. The zero-order chi connectivity index (χ0) is 13.5. The normalized spacial score (nSPS) is 10.4. The van der Waals surface area contributed by atoms with Crippen LogP contribution in [0.3, 0.4) is 0 Å². The number of hydrogen-bond acceptors (Lipinski definition) is 4. The SMILES string of the molecule is COc1ccccc1C=CC(=O)Nc1ncccn1. The Kier molecular flexibility index (Phi) is 4.23. The van der Waals surface area contributed by atoms with Crippen LogP contribution in [0.4, 0.5) is 5.95 Å². The molecule has 0 atom stereocenters. The first-order chi connectivity index (χ1) is 9.29. The zero-order valence-corrected chi connectivity index (χ0v) is 10.4. The van der Waals surface area contributed by atoms with Crippen molar-refractivity contribution in [2.75, 3.05) is 12.4 Å². The summed E-state index contributed by atoms with van der Waals surface area (Å²) in [6.07, 6.45) is 6.21. The number of carbonyl (C=O) groups is 1. The van der Waals surface area contributed by atoms with Crippen molar-refractivity contribution < 1.29 is 9.53 Å². The molecule has 5 nitrogen and oxygen atoms in total. The minimum atomic E-state index is -0.294. The second kappa shape index (κ2) is 6.30. The molecular formula is C14H13N3O2. The molecule has 1 amide bonds. The quantitative estimate of drug-likeness (QED) is 0.850. The first kappa shape index (κ1) is 12.8. The van der Waals surface area contributed by atoms with Gasteiger partial charge in [0, 0.05) is 24.0 Å². The average Bonchev–Trinajstić information content (AvgIpc) is 2.46. The average molecular weight is 255 g/mol. The highest BCUT2D eigenvalue weighted by molar-refractivity contribution is 6.01. The van der Waals surface area contributed by atoms with Crippen molar-refractivity contribution in [2.24, 2.45) is 0 Å². The number of rotatable bonds is 4. The molecule has 19 heavy (non-hydrogen) atoms. The molecule has 0 fully saturated rings. The smallest absolute Gasteiger partial charge is 0.250 e. The molecule has 5 heteroatoms. The van der Waals surface area contributed by atoms with E-state index in [1.165, 1.54) is 6.08 Å². The summed E-state index contributed by atoms with van der Waals surface area (Å²) < 4.78 is 5.19. The third-order valence-electron chi connectivity index (χ3n) is 2.35. The molecule has 96 valence electrons. The Labute approximate surface area is 111 Å². The van der Waals surface area contributed by atoms with Gasteiger partial charge in [-0.1, -0.05) is 18.2 Å². The summed E-state index contributed by atoms with van der Waals surface area (Å²) in [4.78, 5) is 19.5. The number of para-hydroxylation sites is 1. The first-order valence-electron chi connectivity index (χ1n) is 5.68. The number of carbonyl (C=O) groups excluding carboxylic acids is 1. The van der Waals surface area contributed by atoms with Gasteiger partial charge in [-0.15, -0.1) is 0 Å². The molecule has 2 aromatic rings. The van der Waals surface area contributed by atoms with E-state index < -0.39 is 0 Å². The van der Waals surface area contributed by atoms with Gasteiger partial charge < -0.3 is 4.74 Å². The molecule has 0 spiro atoms. The third kappa shape index (κ3) is 3.64. The van der Waals surface area contributed by atoms with Crippen molar-refractivity contribution in [1.29, 1.82) is 0 Å². The lowest BCUT2D eigenvalue weighted by atomic mass is 10.2. The van der Waals surface area contributed by atoms with Gasteiger partial charge in [-0.2, -0.15) is 0 Å². The maximum atomic E-state index is 11.7. The second-order valence-electron chi connectivity index (χ2n) is 3.64. The number of anilines is 1. The summed E-state index contributed by atoms with van der Waals surface area (Å²) >= 11 is 0. The van der Waals surface area contributed by atoms with Gasteiger partial charge in [0.1, 0.15) is 5.75 Å². The Bertz CT molecular complexity index is 582. The van der Waals surface area contributed by atoms with E-state index in [0.717, 1.165) is 5.56 Å². The molecule has 0 saturated carbocycles. The number of aromatic nitrogens is 2. The number of benzene rings is 1. The Morgan fingerprint density at radius 3 is 2.68 bits per heavy atom. The van der Waals surface area contributed by atoms with E-state index in [9.17, 15) is 4.79 Å². The maximum Gasteiger partial charge on any atom is 0.250 e. The standard InChI is InChI=1S/C14H13N3O2/c1-19-12-6-3-2-5-11(12)7-8-13(18)17-14-15-9-4-10-16-14/h2-10H,1H3,(H,15,16,17,18). The first-order valence-corrected chi connectivity index (χ1v) is 5.68. The third-order valence-corrected chi connectivity index (χ3v) is 2.35. The topological polar surface area (TPSA) is 64.1 Å².